The lowest BCUT2D eigenvalue weighted by Gasteiger charge is -2.12. The Morgan fingerprint density at radius 3 is 1.40 bits per heavy atom. The number of hydrogen-bond acceptors (Lipinski definition) is 2. The van der Waals surface area contributed by atoms with Crippen LogP contribution in [0.4, 0.5) is 0 Å². The highest BCUT2D eigenvalue weighted by Gasteiger charge is 2.06. The molecule has 0 fully saturated rings. The van der Waals surface area contributed by atoms with Crippen LogP contribution in [-0.4, -0.2) is 0 Å². The minimum atomic E-state index is 1.02. The standard InChI is InChI=1S/C18H30S2/c1-3-5-7-9-11-15-13-17(19)18(20)14-16(15)12-10-8-6-4-2/h13-14,19-20H,3-12H2,1-2H3. The van der Waals surface area contributed by atoms with Crippen molar-refractivity contribution in [1.82, 2.24) is 0 Å². The van der Waals surface area contributed by atoms with Gasteiger partial charge in [-0.1, -0.05) is 52.4 Å². The van der Waals surface area contributed by atoms with Crippen molar-refractivity contribution in [2.45, 2.75) is 87.8 Å². The number of benzene rings is 1. The van der Waals surface area contributed by atoms with Crippen molar-refractivity contribution < 1.29 is 0 Å². The summed E-state index contributed by atoms with van der Waals surface area (Å²) in [4.78, 5) is 2.05. The second-order valence-corrected chi connectivity index (χ2v) is 6.69. The van der Waals surface area contributed by atoms with Crippen LogP contribution >= 0.6 is 25.3 Å². The maximum Gasteiger partial charge on any atom is 0.0177 e. The zero-order chi connectivity index (χ0) is 14.8. The van der Waals surface area contributed by atoms with E-state index in [4.69, 9.17) is 0 Å². The molecule has 0 heterocycles. The van der Waals surface area contributed by atoms with Crippen LogP contribution in [0.15, 0.2) is 21.9 Å². The molecular formula is C18H30S2. The van der Waals surface area contributed by atoms with Gasteiger partial charge in [0.1, 0.15) is 0 Å². The first-order valence-electron chi connectivity index (χ1n) is 8.22. The van der Waals surface area contributed by atoms with Crippen LogP contribution in [0.1, 0.15) is 76.3 Å². The van der Waals surface area contributed by atoms with Gasteiger partial charge in [-0.3, -0.25) is 0 Å². The van der Waals surface area contributed by atoms with E-state index in [2.05, 4.69) is 51.2 Å². The van der Waals surface area contributed by atoms with Gasteiger partial charge in [0.2, 0.25) is 0 Å². The summed E-state index contributed by atoms with van der Waals surface area (Å²) < 4.78 is 0. The summed E-state index contributed by atoms with van der Waals surface area (Å²) >= 11 is 9.05. The summed E-state index contributed by atoms with van der Waals surface area (Å²) in [6.45, 7) is 4.53. The van der Waals surface area contributed by atoms with Crippen molar-refractivity contribution in [3.8, 4) is 0 Å². The predicted molar refractivity (Wildman–Crippen MR) is 96.6 cm³/mol. The Labute approximate surface area is 136 Å². The van der Waals surface area contributed by atoms with Crippen molar-refractivity contribution in [3.63, 3.8) is 0 Å². The van der Waals surface area contributed by atoms with E-state index in [0.29, 0.717) is 0 Å². The van der Waals surface area contributed by atoms with E-state index < -0.39 is 0 Å². The second-order valence-electron chi connectivity index (χ2n) is 5.73. The Kier molecular flexibility index (Phi) is 9.54. The number of unbranched alkanes of at least 4 members (excludes halogenated alkanes) is 6. The van der Waals surface area contributed by atoms with Gasteiger partial charge in [-0.25, -0.2) is 0 Å². The molecule has 0 saturated heterocycles. The molecule has 1 aromatic carbocycles. The third-order valence-electron chi connectivity index (χ3n) is 3.90. The molecule has 0 amide bonds. The fraction of sp³-hybridized carbons (Fsp3) is 0.667. The summed E-state index contributed by atoms with van der Waals surface area (Å²) in [7, 11) is 0. The minimum absolute atomic E-state index is 1.02. The molecule has 0 unspecified atom stereocenters. The largest absolute Gasteiger partial charge is 0.142 e. The van der Waals surface area contributed by atoms with Gasteiger partial charge in [0.25, 0.3) is 0 Å². The topological polar surface area (TPSA) is 0 Å². The van der Waals surface area contributed by atoms with Crippen molar-refractivity contribution in [2.75, 3.05) is 0 Å². The van der Waals surface area contributed by atoms with Gasteiger partial charge in [-0.2, -0.15) is 0 Å². The third-order valence-corrected chi connectivity index (χ3v) is 4.81. The molecule has 1 aromatic rings. The molecule has 114 valence electrons. The molecule has 0 bridgehead atoms. The smallest absolute Gasteiger partial charge is 0.0177 e. The highest BCUT2D eigenvalue weighted by atomic mass is 32.1. The van der Waals surface area contributed by atoms with Crippen LogP contribution < -0.4 is 0 Å². The maximum atomic E-state index is 4.53. The number of hydrogen-bond donors (Lipinski definition) is 2. The van der Waals surface area contributed by atoms with Crippen LogP contribution in [0.5, 0.6) is 0 Å². The van der Waals surface area contributed by atoms with Crippen LogP contribution in [0.2, 0.25) is 0 Å². The highest BCUT2D eigenvalue weighted by Crippen LogP contribution is 2.26. The predicted octanol–water partition coefficient (Wildman–Crippen LogP) is 6.51. The summed E-state index contributed by atoms with van der Waals surface area (Å²) in [5.41, 5.74) is 3.00. The first kappa shape index (κ1) is 18.0. The van der Waals surface area contributed by atoms with E-state index in [-0.39, 0.29) is 0 Å². The lowest BCUT2D eigenvalue weighted by atomic mass is 9.96. The van der Waals surface area contributed by atoms with Crippen molar-refractivity contribution >= 4 is 25.3 Å². The third kappa shape index (κ3) is 6.58. The molecule has 0 spiro atoms. The lowest BCUT2D eigenvalue weighted by molar-refractivity contribution is 0.649. The molecule has 0 radical (unpaired) electrons. The Morgan fingerprint density at radius 1 is 0.650 bits per heavy atom. The monoisotopic (exact) mass is 310 g/mol. The van der Waals surface area contributed by atoms with Gasteiger partial charge < -0.3 is 0 Å². The molecule has 0 N–H and O–H groups in total. The quantitative estimate of drug-likeness (QED) is 0.357. The van der Waals surface area contributed by atoms with Crippen LogP contribution in [0, 0.1) is 0 Å². The van der Waals surface area contributed by atoms with Crippen molar-refractivity contribution in [2.24, 2.45) is 0 Å². The summed E-state index contributed by atoms with van der Waals surface area (Å²) in [5.74, 6) is 0. The molecule has 0 aliphatic rings. The minimum Gasteiger partial charge on any atom is -0.142 e. The lowest BCUT2D eigenvalue weighted by Crippen LogP contribution is -1.97. The average molecular weight is 311 g/mol. The number of rotatable bonds is 10. The van der Waals surface area contributed by atoms with Gasteiger partial charge in [0.15, 0.2) is 0 Å². The second kappa shape index (κ2) is 10.6. The van der Waals surface area contributed by atoms with Crippen molar-refractivity contribution in [3.05, 3.63) is 23.3 Å². The van der Waals surface area contributed by atoms with Crippen LogP contribution in [0.25, 0.3) is 0 Å². The van der Waals surface area contributed by atoms with E-state index in [1.54, 1.807) is 0 Å². The highest BCUT2D eigenvalue weighted by molar-refractivity contribution is 7.83. The molecule has 1 rings (SSSR count). The average Bonchev–Trinajstić information content (AvgIpc) is 2.44. The van der Waals surface area contributed by atoms with Gasteiger partial charge in [-0.05, 0) is 48.9 Å². The Morgan fingerprint density at radius 2 is 1.05 bits per heavy atom. The maximum absolute atomic E-state index is 4.53. The van der Waals surface area contributed by atoms with Gasteiger partial charge in [0.05, 0.1) is 0 Å². The van der Waals surface area contributed by atoms with E-state index in [0.717, 1.165) is 9.79 Å². The summed E-state index contributed by atoms with van der Waals surface area (Å²) in [5, 5.41) is 0. The molecule has 20 heavy (non-hydrogen) atoms. The molecule has 0 nitrogen and oxygen atoms in total. The Hall–Kier alpha value is -0.0800. The first-order chi connectivity index (χ1) is 9.69. The molecule has 0 atom stereocenters. The molecular weight excluding hydrogens is 280 g/mol. The SMILES string of the molecule is CCCCCCc1cc(S)c(S)cc1CCCCCC. The normalized spacial score (nSPS) is 11.0. The molecule has 0 aliphatic heterocycles. The number of aryl methyl sites for hydroxylation is 2. The fourth-order valence-electron chi connectivity index (χ4n) is 2.61. The zero-order valence-corrected chi connectivity index (χ0v) is 14.9. The van der Waals surface area contributed by atoms with Gasteiger partial charge in [-0.15, -0.1) is 25.3 Å². The van der Waals surface area contributed by atoms with Crippen LogP contribution in [0.3, 0.4) is 0 Å². The van der Waals surface area contributed by atoms with Gasteiger partial charge in [0, 0.05) is 9.79 Å². The molecule has 0 aromatic heterocycles. The van der Waals surface area contributed by atoms with E-state index in [1.165, 1.54) is 75.3 Å². The fourth-order valence-corrected chi connectivity index (χ4v) is 3.05. The summed E-state index contributed by atoms with van der Waals surface area (Å²) in [6, 6.07) is 4.49. The Bertz CT molecular complexity index is 348. The Balaban J connectivity index is 2.61. The molecule has 0 saturated carbocycles. The van der Waals surface area contributed by atoms with Gasteiger partial charge >= 0.3 is 0 Å². The van der Waals surface area contributed by atoms with E-state index in [1.807, 2.05) is 0 Å². The molecule has 2 heteroatoms. The van der Waals surface area contributed by atoms with E-state index in [9.17, 15) is 0 Å². The van der Waals surface area contributed by atoms with E-state index >= 15 is 0 Å². The van der Waals surface area contributed by atoms with Crippen molar-refractivity contribution in [1.29, 1.82) is 0 Å². The van der Waals surface area contributed by atoms with Crippen LogP contribution in [-0.2, 0) is 12.8 Å². The number of thiol groups is 2. The molecule has 0 aliphatic carbocycles. The zero-order valence-electron chi connectivity index (χ0n) is 13.1. The summed E-state index contributed by atoms with van der Waals surface area (Å²) in [6.07, 6.45) is 13.0. The first-order valence-corrected chi connectivity index (χ1v) is 9.12.